The summed E-state index contributed by atoms with van der Waals surface area (Å²) in [6.45, 7) is 0. The normalized spacial score (nSPS) is 12.6. The van der Waals surface area contributed by atoms with Crippen molar-refractivity contribution in [1.82, 2.24) is 24.7 Å². The molecule has 13 heteroatoms. The molecular weight excluding hydrogens is 422 g/mol. The Morgan fingerprint density at radius 2 is 1.66 bits per heavy atom. The van der Waals surface area contributed by atoms with Gasteiger partial charge in [-0.25, -0.2) is 15.0 Å². The second kappa shape index (κ2) is 6.40. The van der Waals surface area contributed by atoms with E-state index in [9.17, 15) is 26.3 Å². The molecule has 3 heterocycles. The summed E-state index contributed by atoms with van der Waals surface area (Å²) < 4.78 is 80.2. The monoisotopic (exact) mass is 430 g/mol. The molecule has 150 valence electrons. The number of alkyl halides is 6. The van der Waals surface area contributed by atoms with Crippen LogP contribution in [-0.2, 0) is 12.4 Å². The lowest BCUT2D eigenvalue weighted by Gasteiger charge is -2.04. The lowest BCUT2D eigenvalue weighted by molar-refractivity contribution is -0.141. The summed E-state index contributed by atoms with van der Waals surface area (Å²) in [5.41, 5.74) is 3.19. The van der Waals surface area contributed by atoms with Crippen LogP contribution in [0.3, 0.4) is 0 Å². The zero-order valence-corrected chi connectivity index (χ0v) is 14.8. The maximum Gasteiger partial charge on any atom is 0.435 e. The van der Waals surface area contributed by atoms with Gasteiger partial charge < -0.3 is 5.73 Å². The van der Waals surface area contributed by atoms with Gasteiger partial charge in [-0.3, -0.25) is 0 Å². The Kier molecular flexibility index (Phi) is 4.22. The SMILES string of the molecule is Nc1c(-c2nc3ccc(C(F)(F)F)cc3s2)c(C(F)(F)F)nn1-c1ncccn1. The molecule has 0 aliphatic heterocycles. The first-order valence-corrected chi connectivity index (χ1v) is 8.58. The number of nitrogen functional groups attached to an aromatic ring is 1. The minimum absolute atomic E-state index is 0.0612. The van der Waals surface area contributed by atoms with Crippen molar-refractivity contribution >= 4 is 27.4 Å². The Morgan fingerprint density at radius 1 is 0.966 bits per heavy atom. The van der Waals surface area contributed by atoms with Crippen LogP contribution in [0.5, 0.6) is 0 Å². The summed E-state index contributed by atoms with van der Waals surface area (Å²) in [4.78, 5) is 11.7. The van der Waals surface area contributed by atoms with E-state index in [0.717, 1.165) is 18.2 Å². The van der Waals surface area contributed by atoms with E-state index in [4.69, 9.17) is 5.73 Å². The van der Waals surface area contributed by atoms with Gasteiger partial charge in [0.15, 0.2) is 5.69 Å². The second-order valence-corrected chi connectivity index (χ2v) is 6.80. The number of anilines is 1. The molecule has 1 aromatic carbocycles. The van der Waals surface area contributed by atoms with Crippen LogP contribution < -0.4 is 5.73 Å². The molecule has 0 fully saturated rings. The number of benzene rings is 1. The fourth-order valence-electron chi connectivity index (χ4n) is 2.60. The van der Waals surface area contributed by atoms with E-state index in [1.807, 2.05) is 0 Å². The van der Waals surface area contributed by atoms with Gasteiger partial charge in [0.25, 0.3) is 5.95 Å². The molecule has 0 saturated heterocycles. The van der Waals surface area contributed by atoms with E-state index in [1.54, 1.807) is 0 Å². The van der Waals surface area contributed by atoms with Crippen molar-refractivity contribution in [3.63, 3.8) is 0 Å². The Labute approximate surface area is 161 Å². The van der Waals surface area contributed by atoms with Gasteiger partial charge in [0.05, 0.1) is 21.3 Å². The molecule has 0 spiro atoms. The average Bonchev–Trinajstić information content (AvgIpc) is 3.21. The van der Waals surface area contributed by atoms with Gasteiger partial charge in [-0.15, -0.1) is 11.3 Å². The molecule has 0 radical (unpaired) electrons. The summed E-state index contributed by atoms with van der Waals surface area (Å²) in [6, 6.07) is 4.18. The predicted molar refractivity (Wildman–Crippen MR) is 92.2 cm³/mol. The molecule has 0 saturated carbocycles. The predicted octanol–water partition coefficient (Wildman–Crippen LogP) is 4.56. The van der Waals surface area contributed by atoms with Gasteiger partial charge in [0.1, 0.15) is 10.8 Å². The molecule has 3 aromatic heterocycles. The van der Waals surface area contributed by atoms with Crippen LogP contribution in [-0.4, -0.2) is 24.7 Å². The Bertz CT molecular complexity index is 1190. The third-order valence-electron chi connectivity index (χ3n) is 3.86. The second-order valence-electron chi connectivity index (χ2n) is 5.77. The van der Waals surface area contributed by atoms with Gasteiger partial charge >= 0.3 is 12.4 Å². The standard InChI is InChI=1S/C16H8F6N6S/c17-15(18,19)7-2-3-8-9(6-7)29-13(26-8)10-11(16(20,21)22)27-28(12(10)23)14-24-4-1-5-25-14/h1-6H,23H2. The van der Waals surface area contributed by atoms with Crippen LogP contribution in [0.1, 0.15) is 11.3 Å². The largest absolute Gasteiger partial charge is 0.435 e. The fourth-order valence-corrected chi connectivity index (χ4v) is 3.66. The minimum atomic E-state index is -4.89. The minimum Gasteiger partial charge on any atom is -0.383 e. The number of nitrogens with two attached hydrogens (primary N) is 1. The Morgan fingerprint density at radius 3 is 2.28 bits per heavy atom. The lowest BCUT2D eigenvalue weighted by atomic mass is 10.2. The number of rotatable bonds is 2. The van der Waals surface area contributed by atoms with E-state index >= 15 is 0 Å². The average molecular weight is 430 g/mol. The zero-order chi connectivity index (χ0) is 21.0. The number of halogens is 6. The molecule has 0 bridgehead atoms. The number of aromatic nitrogens is 5. The van der Waals surface area contributed by atoms with Crippen LogP contribution in [0.2, 0.25) is 0 Å². The summed E-state index contributed by atoms with van der Waals surface area (Å²) >= 11 is 0.648. The van der Waals surface area contributed by atoms with Crippen molar-refractivity contribution in [3.8, 4) is 16.5 Å². The maximum absolute atomic E-state index is 13.6. The number of thiazole rings is 1. The molecule has 4 rings (SSSR count). The highest BCUT2D eigenvalue weighted by molar-refractivity contribution is 7.21. The molecule has 2 N–H and O–H groups in total. The summed E-state index contributed by atoms with van der Waals surface area (Å²) in [7, 11) is 0. The smallest absolute Gasteiger partial charge is 0.383 e. The van der Waals surface area contributed by atoms with Gasteiger partial charge in [0, 0.05) is 12.4 Å². The number of hydrogen-bond acceptors (Lipinski definition) is 6. The molecule has 0 unspecified atom stereocenters. The van der Waals surface area contributed by atoms with Gasteiger partial charge in [-0.05, 0) is 24.3 Å². The third kappa shape index (κ3) is 3.37. The number of nitrogens with zero attached hydrogens (tertiary/aromatic N) is 5. The number of fused-ring (bicyclic) bond motifs is 1. The van der Waals surface area contributed by atoms with E-state index < -0.39 is 35.0 Å². The molecule has 4 aromatic rings. The first-order valence-electron chi connectivity index (χ1n) is 7.77. The van der Waals surface area contributed by atoms with Crippen molar-refractivity contribution in [2.75, 3.05) is 5.73 Å². The summed E-state index contributed by atoms with van der Waals surface area (Å²) in [6.07, 6.45) is -6.89. The van der Waals surface area contributed by atoms with E-state index in [0.29, 0.717) is 16.0 Å². The highest BCUT2D eigenvalue weighted by Gasteiger charge is 2.41. The lowest BCUT2D eigenvalue weighted by Crippen LogP contribution is -2.09. The van der Waals surface area contributed by atoms with Gasteiger partial charge in [0.2, 0.25) is 0 Å². The first kappa shape index (κ1) is 19.1. The van der Waals surface area contributed by atoms with Crippen molar-refractivity contribution < 1.29 is 26.3 Å². The van der Waals surface area contributed by atoms with Crippen molar-refractivity contribution in [1.29, 1.82) is 0 Å². The molecule has 0 amide bonds. The van der Waals surface area contributed by atoms with Gasteiger partial charge in [-0.2, -0.15) is 36.1 Å². The Hall–Kier alpha value is -3.22. The summed E-state index contributed by atoms with van der Waals surface area (Å²) in [5, 5.41) is 3.27. The molecule has 0 atom stereocenters. The first-order chi connectivity index (χ1) is 13.6. The quantitative estimate of drug-likeness (QED) is 0.472. The van der Waals surface area contributed by atoms with Crippen molar-refractivity contribution in [2.45, 2.75) is 12.4 Å². The maximum atomic E-state index is 13.6. The van der Waals surface area contributed by atoms with Crippen molar-refractivity contribution in [2.24, 2.45) is 0 Å². The van der Waals surface area contributed by atoms with E-state index in [2.05, 4.69) is 20.1 Å². The number of hydrogen-bond donors (Lipinski definition) is 1. The van der Waals surface area contributed by atoms with Crippen molar-refractivity contribution in [3.05, 3.63) is 47.9 Å². The highest BCUT2D eigenvalue weighted by Crippen LogP contribution is 2.43. The fraction of sp³-hybridized carbons (Fsp3) is 0.125. The zero-order valence-electron chi connectivity index (χ0n) is 14.0. The van der Waals surface area contributed by atoms with E-state index in [1.165, 1.54) is 18.5 Å². The highest BCUT2D eigenvalue weighted by atomic mass is 32.1. The summed E-state index contributed by atoms with van der Waals surface area (Å²) in [5.74, 6) is -0.624. The topological polar surface area (TPSA) is 82.5 Å². The van der Waals surface area contributed by atoms with Gasteiger partial charge in [-0.1, -0.05) is 0 Å². The molecule has 0 aliphatic rings. The molecular formula is C16H8F6N6S. The Balaban J connectivity index is 1.93. The van der Waals surface area contributed by atoms with Crippen LogP contribution in [0, 0.1) is 0 Å². The van der Waals surface area contributed by atoms with Crippen LogP contribution in [0.15, 0.2) is 36.7 Å². The molecule has 6 nitrogen and oxygen atoms in total. The van der Waals surface area contributed by atoms with Crippen LogP contribution in [0.4, 0.5) is 32.2 Å². The third-order valence-corrected chi connectivity index (χ3v) is 4.90. The molecule has 0 aliphatic carbocycles. The van der Waals surface area contributed by atoms with Crippen LogP contribution in [0.25, 0.3) is 26.7 Å². The van der Waals surface area contributed by atoms with Crippen LogP contribution >= 0.6 is 11.3 Å². The molecule has 29 heavy (non-hydrogen) atoms. The van der Waals surface area contributed by atoms with E-state index in [-0.39, 0.29) is 21.2 Å².